The summed E-state index contributed by atoms with van der Waals surface area (Å²) in [7, 11) is 0. The molecule has 0 aromatic heterocycles. The van der Waals surface area contributed by atoms with Crippen molar-refractivity contribution in [3.05, 3.63) is 58.6 Å². The van der Waals surface area contributed by atoms with Gasteiger partial charge < -0.3 is 0 Å². The number of carbonyl (C=O) groups excluding carboxylic acids is 3. The molecule has 0 saturated carbocycles. The first-order valence-corrected chi connectivity index (χ1v) is 8.30. The van der Waals surface area contributed by atoms with Crippen molar-refractivity contribution in [2.24, 2.45) is 10.9 Å². The summed E-state index contributed by atoms with van der Waals surface area (Å²) in [5, 5.41) is 2.20. The van der Waals surface area contributed by atoms with Crippen molar-refractivity contribution in [1.82, 2.24) is 5.32 Å². The number of amides is 4. The fourth-order valence-corrected chi connectivity index (χ4v) is 2.76. The smallest absolute Gasteiger partial charge is 0.276 e. The Bertz CT molecular complexity index is 877. The lowest BCUT2D eigenvalue weighted by Gasteiger charge is -2.28. The van der Waals surface area contributed by atoms with E-state index in [1.807, 2.05) is 13.0 Å². The van der Waals surface area contributed by atoms with Crippen molar-refractivity contribution in [2.45, 2.75) is 6.92 Å². The third-order valence-electron chi connectivity index (χ3n) is 3.68. The van der Waals surface area contributed by atoms with Crippen LogP contribution in [0.15, 0.2) is 58.0 Å². The molecule has 25 heavy (non-hydrogen) atoms. The number of carbonyl (C=O) groups is 3. The molecule has 1 aliphatic heterocycles. The molecule has 1 heterocycles. The van der Waals surface area contributed by atoms with E-state index in [0.29, 0.717) is 11.4 Å². The van der Waals surface area contributed by atoms with E-state index in [-0.39, 0.29) is 0 Å². The summed E-state index contributed by atoms with van der Waals surface area (Å²) in [6, 6.07) is 13.3. The first-order valence-electron chi connectivity index (χ1n) is 7.51. The minimum atomic E-state index is -1.17. The van der Waals surface area contributed by atoms with E-state index in [4.69, 9.17) is 0 Å². The Morgan fingerprint density at radius 1 is 1.12 bits per heavy atom. The molecule has 2 aromatic rings. The molecule has 126 valence electrons. The van der Waals surface area contributed by atoms with Gasteiger partial charge in [0.15, 0.2) is 5.92 Å². The van der Waals surface area contributed by atoms with Crippen LogP contribution in [0.5, 0.6) is 0 Å². The van der Waals surface area contributed by atoms with Gasteiger partial charge in [-0.3, -0.25) is 19.9 Å². The van der Waals surface area contributed by atoms with E-state index >= 15 is 0 Å². The Kier molecular flexibility index (Phi) is 4.76. The summed E-state index contributed by atoms with van der Waals surface area (Å²) < 4.78 is 0.832. The van der Waals surface area contributed by atoms with E-state index in [2.05, 4.69) is 26.2 Å². The predicted octanol–water partition coefficient (Wildman–Crippen LogP) is 3.36. The van der Waals surface area contributed by atoms with E-state index in [1.165, 1.54) is 6.21 Å². The lowest BCUT2D eigenvalue weighted by Crippen LogP contribution is -2.58. The molecule has 1 fully saturated rings. The molecule has 0 bridgehead atoms. The van der Waals surface area contributed by atoms with Crippen molar-refractivity contribution in [1.29, 1.82) is 0 Å². The van der Waals surface area contributed by atoms with Crippen molar-refractivity contribution in [2.75, 3.05) is 4.90 Å². The molecule has 1 atom stereocenters. The quantitative estimate of drug-likeness (QED) is 0.634. The van der Waals surface area contributed by atoms with Crippen LogP contribution in [-0.2, 0) is 9.59 Å². The number of hydrogen-bond acceptors (Lipinski definition) is 4. The zero-order valence-electron chi connectivity index (χ0n) is 13.3. The lowest BCUT2D eigenvalue weighted by atomic mass is 10.1. The average molecular weight is 400 g/mol. The van der Waals surface area contributed by atoms with Crippen LogP contribution in [-0.4, -0.2) is 24.1 Å². The van der Waals surface area contributed by atoms with Crippen LogP contribution in [0.4, 0.5) is 16.2 Å². The summed E-state index contributed by atoms with van der Waals surface area (Å²) in [4.78, 5) is 41.9. The van der Waals surface area contributed by atoms with Crippen LogP contribution in [0.2, 0.25) is 0 Å². The Hall–Kier alpha value is -2.80. The minimum absolute atomic E-state index is 0.404. The number of nitrogens with one attached hydrogen (secondary N) is 1. The first kappa shape index (κ1) is 17.0. The number of rotatable bonds is 3. The van der Waals surface area contributed by atoms with Gasteiger partial charge in [0.1, 0.15) is 0 Å². The molecule has 4 amide bonds. The van der Waals surface area contributed by atoms with Crippen molar-refractivity contribution >= 4 is 51.4 Å². The van der Waals surface area contributed by atoms with Crippen molar-refractivity contribution in [3.8, 4) is 0 Å². The van der Waals surface area contributed by atoms with E-state index in [9.17, 15) is 14.4 Å². The molecule has 1 aliphatic rings. The highest BCUT2D eigenvalue weighted by Gasteiger charge is 2.40. The van der Waals surface area contributed by atoms with Gasteiger partial charge in [-0.25, -0.2) is 9.69 Å². The number of anilines is 1. The number of aliphatic imine (C=N–C) groups is 1. The van der Waals surface area contributed by atoms with Crippen molar-refractivity contribution < 1.29 is 14.4 Å². The van der Waals surface area contributed by atoms with Crippen LogP contribution in [0, 0.1) is 12.8 Å². The number of nitrogens with zero attached hydrogens (tertiary/aromatic N) is 2. The van der Waals surface area contributed by atoms with Crippen LogP contribution in [0.3, 0.4) is 0 Å². The summed E-state index contributed by atoms with van der Waals surface area (Å²) in [5.41, 5.74) is 1.99. The fourth-order valence-electron chi connectivity index (χ4n) is 2.38. The SMILES string of the molecule is Cc1ccc(N2C(=O)NC(=O)[C@H](C=Nc3cccc(Br)c3)C2=O)cc1. The third kappa shape index (κ3) is 3.66. The predicted molar refractivity (Wildman–Crippen MR) is 98.0 cm³/mol. The van der Waals surface area contributed by atoms with E-state index in [1.54, 1.807) is 42.5 Å². The third-order valence-corrected chi connectivity index (χ3v) is 4.17. The number of hydrogen-bond donors (Lipinski definition) is 1. The molecule has 0 aliphatic carbocycles. The summed E-state index contributed by atoms with van der Waals surface area (Å²) in [6.45, 7) is 1.90. The Labute approximate surface area is 152 Å². The molecule has 1 saturated heterocycles. The maximum atomic E-state index is 12.7. The highest BCUT2D eigenvalue weighted by atomic mass is 79.9. The molecule has 0 spiro atoms. The average Bonchev–Trinajstić information content (AvgIpc) is 2.56. The number of halogens is 1. The number of aryl methyl sites for hydroxylation is 1. The molecule has 2 aromatic carbocycles. The topological polar surface area (TPSA) is 78.8 Å². The van der Waals surface area contributed by atoms with E-state index in [0.717, 1.165) is 14.9 Å². The maximum Gasteiger partial charge on any atom is 0.335 e. The van der Waals surface area contributed by atoms with Gasteiger partial charge in [-0.2, -0.15) is 0 Å². The molecule has 0 unspecified atom stereocenters. The zero-order valence-corrected chi connectivity index (χ0v) is 14.9. The highest BCUT2D eigenvalue weighted by molar-refractivity contribution is 9.10. The Morgan fingerprint density at radius 3 is 2.52 bits per heavy atom. The van der Waals surface area contributed by atoms with E-state index < -0.39 is 23.8 Å². The molecular formula is C18H14BrN3O3. The van der Waals surface area contributed by atoms with Gasteiger partial charge >= 0.3 is 6.03 Å². The largest absolute Gasteiger partial charge is 0.335 e. The first-order chi connectivity index (χ1) is 12.0. The second-order valence-electron chi connectivity index (χ2n) is 5.54. The molecular weight excluding hydrogens is 386 g/mol. The lowest BCUT2D eigenvalue weighted by molar-refractivity contribution is -0.131. The van der Waals surface area contributed by atoms with Gasteiger partial charge in [-0.15, -0.1) is 0 Å². The molecule has 3 rings (SSSR count). The molecule has 6 nitrogen and oxygen atoms in total. The number of benzene rings is 2. The summed E-state index contributed by atoms with van der Waals surface area (Å²) >= 11 is 3.33. The fraction of sp³-hybridized carbons (Fsp3) is 0.111. The second-order valence-corrected chi connectivity index (χ2v) is 6.45. The van der Waals surface area contributed by atoms with Gasteiger partial charge in [0.05, 0.1) is 11.4 Å². The summed E-state index contributed by atoms with van der Waals surface area (Å²) in [5.74, 6) is -2.48. The number of urea groups is 1. The van der Waals surface area contributed by atoms with Gasteiger partial charge in [-0.1, -0.05) is 39.7 Å². The van der Waals surface area contributed by atoms with Crippen LogP contribution >= 0.6 is 15.9 Å². The minimum Gasteiger partial charge on any atom is -0.276 e. The Balaban J connectivity index is 1.89. The van der Waals surface area contributed by atoms with Crippen LogP contribution in [0.1, 0.15) is 5.56 Å². The van der Waals surface area contributed by atoms with Gasteiger partial charge in [-0.05, 0) is 37.3 Å². The standard InChI is InChI=1S/C18H14BrN3O3/c1-11-5-7-14(8-6-11)22-17(24)15(16(23)21-18(22)25)10-20-13-4-2-3-12(19)9-13/h2-10,15H,1H3,(H,21,23,25)/t15-/m0/s1. The molecule has 0 radical (unpaired) electrons. The highest BCUT2D eigenvalue weighted by Crippen LogP contribution is 2.22. The molecule has 7 heteroatoms. The van der Waals surface area contributed by atoms with Crippen LogP contribution < -0.4 is 10.2 Å². The van der Waals surface area contributed by atoms with Crippen LogP contribution in [0.25, 0.3) is 0 Å². The zero-order chi connectivity index (χ0) is 18.0. The van der Waals surface area contributed by atoms with Gasteiger partial charge in [0, 0.05) is 10.7 Å². The van der Waals surface area contributed by atoms with Crippen molar-refractivity contribution in [3.63, 3.8) is 0 Å². The molecule has 1 N–H and O–H groups in total. The maximum absolute atomic E-state index is 12.7. The van der Waals surface area contributed by atoms with Gasteiger partial charge in [0.2, 0.25) is 5.91 Å². The second kappa shape index (κ2) is 6.98. The number of imide groups is 2. The van der Waals surface area contributed by atoms with Gasteiger partial charge in [0.25, 0.3) is 5.91 Å². The summed E-state index contributed by atoms with van der Waals surface area (Å²) in [6.07, 6.45) is 1.26. The normalized spacial score (nSPS) is 17.9. The monoisotopic (exact) mass is 399 g/mol. The number of barbiturate groups is 1. The Morgan fingerprint density at radius 2 is 1.84 bits per heavy atom.